The Hall–Kier alpha value is -0.650. The Bertz CT molecular complexity index is 288. The Morgan fingerprint density at radius 1 is 1.38 bits per heavy atom. The summed E-state index contributed by atoms with van der Waals surface area (Å²) in [5, 5.41) is 13.1. The van der Waals surface area contributed by atoms with Crippen LogP contribution in [0.15, 0.2) is 17.6 Å². The second-order valence-corrected chi connectivity index (χ2v) is 4.71. The Balaban J connectivity index is 2.42. The van der Waals surface area contributed by atoms with E-state index in [4.69, 9.17) is 5.11 Å². The van der Waals surface area contributed by atoms with E-state index >= 15 is 0 Å². The summed E-state index contributed by atoms with van der Waals surface area (Å²) in [5.74, 6) is 0.986. The van der Waals surface area contributed by atoms with Gasteiger partial charge < -0.3 is 10.4 Å². The van der Waals surface area contributed by atoms with Crippen LogP contribution in [0.1, 0.15) is 25.8 Å². The number of aliphatic hydroxyl groups is 1. The van der Waals surface area contributed by atoms with Crippen LogP contribution >= 0.6 is 11.8 Å². The number of hydrogen-bond acceptors (Lipinski definition) is 5. The molecule has 4 nitrogen and oxygen atoms in total. The van der Waals surface area contributed by atoms with Crippen molar-refractivity contribution in [1.29, 1.82) is 0 Å². The van der Waals surface area contributed by atoms with Gasteiger partial charge in [0.1, 0.15) is 0 Å². The van der Waals surface area contributed by atoms with Gasteiger partial charge in [0, 0.05) is 30.5 Å². The molecule has 0 saturated heterocycles. The van der Waals surface area contributed by atoms with Crippen molar-refractivity contribution in [2.45, 2.75) is 38.0 Å². The highest BCUT2D eigenvalue weighted by Gasteiger charge is 2.03. The SMILES string of the molecule is CCSc1ncc(CNC(CC)CO)cn1. The van der Waals surface area contributed by atoms with Crippen LogP contribution in [0.4, 0.5) is 0 Å². The third kappa shape index (κ3) is 4.47. The molecular formula is C11H19N3OS. The summed E-state index contributed by atoms with van der Waals surface area (Å²) in [7, 11) is 0. The Labute approximate surface area is 101 Å². The molecule has 0 aliphatic carbocycles. The van der Waals surface area contributed by atoms with Crippen molar-refractivity contribution in [3.8, 4) is 0 Å². The average molecular weight is 241 g/mol. The molecule has 5 heteroatoms. The molecule has 0 amide bonds. The van der Waals surface area contributed by atoms with Crippen LogP contribution in [0, 0.1) is 0 Å². The lowest BCUT2D eigenvalue weighted by Crippen LogP contribution is -2.31. The standard InChI is InChI=1S/C11H19N3OS/c1-3-10(8-15)12-5-9-6-13-11(14-7-9)16-4-2/h6-7,10,12,15H,3-5,8H2,1-2H3. The Morgan fingerprint density at radius 3 is 2.56 bits per heavy atom. The fourth-order valence-corrected chi connectivity index (χ4v) is 1.75. The molecule has 16 heavy (non-hydrogen) atoms. The van der Waals surface area contributed by atoms with Crippen LogP contribution in [0.5, 0.6) is 0 Å². The molecule has 0 bridgehead atoms. The smallest absolute Gasteiger partial charge is 0.187 e. The van der Waals surface area contributed by atoms with Crippen molar-refractivity contribution in [3.05, 3.63) is 18.0 Å². The zero-order chi connectivity index (χ0) is 11.8. The quantitative estimate of drug-likeness (QED) is 0.559. The topological polar surface area (TPSA) is 58.0 Å². The number of hydrogen-bond donors (Lipinski definition) is 2. The van der Waals surface area contributed by atoms with Crippen molar-refractivity contribution in [1.82, 2.24) is 15.3 Å². The third-order valence-electron chi connectivity index (χ3n) is 2.26. The lowest BCUT2D eigenvalue weighted by atomic mass is 10.2. The van der Waals surface area contributed by atoms with Crippen LogP contribution in [0.25, 0.3) is 0 Å². The van der Waals surface area contributed by atoms with Crippen molar-refractivity contribution >= 4 is 11.8 Å². The molecule has 1 unspecified atom stereocenters. The molecule has 1 aromatic rings. The third-order valence-corrected chi connectivity index (χ3v) is 3.02. The van der Waals surface area contributed by atoms with Crippen LogP contribution in [-0.2, 0) is 6.54 Å². The first-order chi connectivity index (χ1) is 7.80. The van der Waals surface area contributed by atoms with Crippen molar-refractivity contribution in [2.24, 2.45) is 0 Å². The van der Waals surface area contributed by atoms with Gasteiger partial charge in [-0.05, 0) is 12.2 Å². The van der Waals surface area contributed by atoms with Gasteiger partial charge in [-0.15, -0.1) is 0 Å². The maximum atomic E-state index is 9.02. The highest BCUT2D eigenvalue weighted by Crippen LogP contribution is 2.10. The van der Waals surface area contributed by atoms with E-state index in [1.807, 2.05) is 19.3 Å². The summed E-state index contributed by atoms with van der Waals surface area (Å²) >= 11 is 1.63. The predicted molar refractivity (Wildman–Crippen MR) is 66.4 cm³/mol. The summed E-state index contributed by atoms with van der Waals surface area (Å²) in [5.41, 5.74) is 1.05. The van der Waals surface area contributed by atoms with Gasteiger partial charge in [0.2, 0.25) is 0 Å². The molecule has 0 aromatic carbocycles. The van der Waals surface area contributed by atoms with Crippen LogP contribution in [0.2, 0.25) is 0 Å². The highest BCUT2D eigenvalue weighted by molar-refractivity contribution is 7.99. The number of thioether (sulfide) groups is 1. The van der Waals surface area contributed by atoms with Gasteiger partial charge in [0.05, 0.1) is 6.61 Å². The van der Waals surface area contributed by atoms with E-state index in [2.05, 4.69) is 22.2 Å². The molecular weight excluding hydrogens is 222 g/mol. The second-order valence-electron chi connectivity index (χ2n) is 3.48. The first kappa shape index (κ1) is 13.4. The molecule has 1 heterocycles. The summed E-state index contributed by atoms with van der Waals surface area (Å²) in [6.45, 7) is 5.00. The minimum absolute atomic E-state index is 0.157. The van der Waals surface area contributed by atoms with Gasteiger partial charge in [-0.3, -0.25) is 0 Å². The zero-order valence-corrected chi connectivity index (χ0v) is 10.6. The van der Waals surface area contributed by atoms with Crippen LogP contribution in [-0.4, -0.2) is 33.5 Å². The zero-order valence-electron chi connectivity index (χ0n) is 9.81. The first-order valence-corrected chi connectivity index (χ1v) is 6.56. The van der Waals surface area contributed by atoms with Crippen LogP contribution in [0.3, 0.4) is 0 Å². The molecule has 90 valence electrons. The molecule has 2 N–H and O–H groups in total. The minimum Gasteiger partial charge on any atom is -0.395 e. The van der Waals surface area contributed by atoms with E-state index < -0.39 is 0 Å². The minimum atomic E-state index is 0.157. The fraction of sp³-hybridized carbons (Fsp3) is 0.636. The normalized spacial score (nSPS) is 12.7. The fourth-order valence-electron chi connectivity index (χ4n) is 1.24. The second kappa shape index (κ2) is 7.60. The number of rotatable bonds is 7. The van der Waals surface area contributed by atoms with Crippen molar-refractivity contribution in [2.75, 3.05) is 12.4 Å². The first-order valence-electron chi connectivity index (χ1n) is 5.58. The summed E-state index contributed by atoms with van der Waals surface area (Å²) in [6.07, 6.45) is 4.59. The van der Waals surface area contributed by atoms with E-state index in [0.29, 0.717) is 6.54 Å². The highest BCUT2D eigenvalue weighted by atomic mass is 32.2. The number of nitrogens with zero attached hydrogens (tertiary/aromatic N) is 2. The van der Waals surface area contributed by atoms with Crippen LogP contribution < -0.4 is 5.32 Å². The number of aliphatic hydroxyl groups excluding tert-OH is 1. The molecule has 0 aliphatic rings. The van der Waals surface area contributed by atoms with Gasteiger partial charge in [0.15, 0.2) is 5.16 Å². The Morgan fingerprint density at radius 2 is 2.06 bits per heavy atom. The van der Waals surface area contributed by atoms with E-state index in [-0.39, 0.29) is 12.6 Å². The molecule has 1 aromatic heterocycles. The number of nitrogens with one attached hydrogen (secondary N) is 1. The van der Waals surface area contributed by atoms with Crippen molar-refractivity contribution in [3.63, 3.8) is 0 Å². The van der Waals surface area contributed by atoms with Gasteiger partial charge in [-0.2, -0.15) is 0 Å². The maximum Gasteiger partial charge on any atom is 0.187 e. The van der Waals surface area contributed by atoms with Crippen molar-refractivity contribution < 1.29 is 5.11 Å². The van der Waals surface area contributed by atoms with Gasteiger partial charge in [-0.1, -0.05) is 25.6 Å². The number of aromatic nitrogens is 2. The van der Waals surface area contributed by atoms with Gasteiger partial charge in [-0.25, -0.2) is 9.97 Å². The lowest BCUT2D eigenvalue weighted by molar-refractivity contribution is 0.238. The van der Waals surface area contributed by atoms with E-state index in [9.17, 15) is 0 Å². The summed E-state index contributed by atoms with van der Waals surface area (Å²) in [4.78, 5) is 8.49. The summed E-state index contributed by atoms with van der Waals surface area (Å²) in [6, 6.07) is 0.157. The van der Waals surface area contributed by atoms with E-state index in [0.717, 1.165) is 22.9 Å². The lowest BCUT2D eigenvalue weighted by Gasteiger charge is -2.13. The van der Waals surface area contributed by atoms with Gasteiger partial charge in [0.25, 0.3) is 0 Å². The molecule has 1 rings (SSSR count). The van der Waals surface area contributed by atoms with Gasteiger partial charge >= 0.3 is 0 Å². The molecule has 0 aliphatic heterocycles. The Kier molecular flexibility index (Phi) is 6.37. The monoisotopic (exact) mass is 241 g/mol. The molecule has 0 fully saturated rings. The van der Waals surface area contributed by atoms with E-state index in [1.54, 1.807) is 11.8 Å². The summed E-state index contributed by atoms with van der Waals surface area (Å²) < 4.78 is 0. The maximum absolute atomic E-state index is 9.02. The predicted octanol–water partition coefficient (Wildman–Crippen LogP) is 1.45. The molecule has 0 spiro atoms. The van der Waals surface area contributed by atoms with E-state index in [1.165, 1.54) is 0 Å². The average Bonchev–Trinajstić information content (AvgIpc) is 2.33. The molecule has 0 radical (unpaired) electrons. The largest absolute Gasteiger partial charge is 0.395 e. The molecule has 1 atom stereocenters. The molecule has 0 saturated carbocycles.